The third-order valence-electron chi connectivity index (χ3n) is 8.42. The van der Waals surface area contributed by atoms with Gasteiger partial charge in [-0.2, -0.15) is 0 Å². The van der Waals surface area contributed by atoms with Gasteiger partial charge in [-0.15, -0.1) is 0 Å². The molecule has 3 amide bonds. The van der Waals surface area contributed by atoms with E-state index in [-0.39, 0.29) is 30.3 Å². The molecule has 0 bridgehead atoms. The molecule has 2 atom stereocenters. The number of halogens is 1. The Bertz CT molecular complexity index is 1910. The van der Waals surface area contributed by atoms with Gasteiger partial charge >= 0.3 is 0 Å². The molecule has 2 heterocycles. The number of carbonyl (C=O) groups is 3. The van der Waals surface area contributed by atoms with Gasteiger partial charge in [0, 0.05) is 33.8 Å². The maximum atomic E-state index is 13.4. The Labute approximate surface area is 277 Å². The molecule has 0 aromatic heterocycles. The van der Waals surface area contributed by atoms with Crippen LogP contribution in [0.5, 0.6) is 17.2 Å². The van der Waals surface area contributed by atoms with Gasteiger partial charge in [0.1, 0.15) is 23.3 Å². The standard InChI is InChI=1S/C38H31ClN2O6/c1-2-45-28-20-14-27(15-21-28)41-34(35(38(41)44)47-30-18-12-26(39)13-19-30)25-10-16-29(17-11-25)46-23-5-22-40-36(42)31-8-3-6-24-7-4-9-32(33(24)31)37(40)43/h3-4,6-21,34-35H,2,5,22-23H2,1H3. The molecule has 0 spiro atoms. The van der Waals surface area contributed by atoms with E-state index in [4.69, 9.17) is 25.8 Å². The third-order valence-corrected chi connectivity index (χ3v) is 8.67. The molecule has 5 aromatic rings. The van der Waals surface area contributed by atoms with Crippen molar-refractivity contribution in [2.75, 3.05) is 24.7 Å². The van der Waals surface area contributed by atoms with Crippen LogP contribution in [-0.2, 0) is 4.79 Å². The predicted molar refractivity (Wildman–Crippen MR) is 180 cm³/mol. The summed E-state index contributed by atoms with van der Waals surface area (Å²) < 4.78 is 17.7. The number of imide groups is 1. The van der Waals surface area contributed by atoms with Crippen LogP contribution in [0.2, 0.25) is 5.02 Å². The Morgan fingerprint density at radius 1 is 0.702 bits per heavy atom. The Hall–Kier alpha value is -5.34. The van der Waals surface area contributed by atoms with Crippen molar-refractivity contribution in [3.05, 3.63) is 131 Å². The van der Waals surface area contributed by atoms with E-state index in [1.807, 2.05) is 79.7 Å². The molecule has 0 saturated carbocycles. The lowest BCUT2D eigenvalue weighted by atomic mass is 9.89. The number of rotatable bonds is 11. The summed E-state index contributed by atoms with van der Waals surface area (Å²) in [6, 6.07) is 32.5. The number of β-lactam (4-membered cyclic amide) rings is 1. The normalized spacial score (nSPS) is 17.1. The molecule has 1 fully saturated rings. The first-order valence-corrected chi connectivity index (χ1v) is 15.9. The lowest BCUT2D eigenvalue weighted by Crippen LogP contribution is -2.61. The molecule has 0 N–H and O–H groups in total. The summed E-state index contributed by atoms with van der Waals surface area (Å²) >= 11 is 6.05. The van der Waals surface area contributed by atoms with E-state index in [2.05, 4.69) is 0 Å². The van der Waals surface area contributed by atoms with Crippen LogP contribution in [0, 0.1) is 0 Å². The Kier molecular flexibility index (Phi) is 8.26. The first-order valence-electron chi connectivity index (χ1n) is 15.5. The van der Waals surface area contributed by atoms with Crippen LogP contribution in [0.15, 0.2) is 109 Å². The summed E-state index contributed by atoms with van der Waals surface area (Å²) in [5.41, 5.74) is 2.70. The van der Waals surface area contributed by atoms with Crippen LogP contribution in [0.4, 0.5) is 5.69 Å². The number of hydrogen-bond donors (Lipinski definition) is 0. The quantitative estimate of drug-likeness (QED) is 0.0840. The largest absolute Gasteiger partial charge is 0.494 e. The molecule has 2 aliphatic heterocycles. The highest BCUT2D eigenvalue weighted by molar-refractivity contribution is 6.30. The van der Waals surface area contributed by atoms with Gasteiger partial charge in [-0.25, -0.2) is 0 Å². The smallest absolute Gasteiger partial charge is 0.271 e. The van der Waals surface area contributed by atoms with E-state index in [9.17, 15) is 14.4 Å². The molecule has 5 aromatic carbocycles. The first-order chi connectivity index (χ1) is 22.9. The fourth-order valence-corrected chi connectivity index (χ4v) is 6.30. The van der Waals surface area contributed by atoms with Gasteiger partial charge in [-0.3, -0.25) is 24.2 Å². The summed E-state index contributed by atoms with van der Waals surface area (Å²) in [6.07, 6.45) is -0.262. The van der Waals surface area contributed by atoms with Gasteiger partial charge in [-0.05, 0) is 97.1 Å². The van der Waals surface area contributed by atoms with Crippen molar-refractivity contribution in [1.82, 2.24) is 4.90 Å². The fraction of sp³-hybridized carbons (Fsp3) is 0.184. The SMILES string of the molecule is CCOc1ccc(N2C(=O)C(Oc3ccc(Cl)cc3)C2c2ccc(OCCCN3C(=O)c4cccc5cccc(c45)C3=O)cc2)cc1. The Balaban J connectivity index is 1.02. The minimum absolute atomic E-state index is 0.157. The van der Waals surface area contributed by atoms with Gasteiger partial charge < -0.3 is 14.2 Å². The van der Waals surface area contributed by atoms with Crippen LogP contribution in [-0.4, -0.2) is 48.5 Å². The number of carbonyl (C=O) groups excluding carboxylic acids is 3. The second-order valence-corrected chi connectivity index (χ2v) is 11.8. The summed E-state index contributed by atoms with van der Waals surface area (Å²) in [4.78, 5) is 42.8. The molecule has 47 heavy (non-hydrogen) atoms. The Morgan fingerprint density at radius 2 is 1.30 bits per heavy atom. The molecule has 2 unspecified atom stereocenters. The number of hydrogen-bond acceptors (Lipinski definition) is 6. The highest BCUT2D eigenvalue weighted by atomic mass is 35.5. The minimum Gasteiger partial charge on any atom is -0.494 e. The topological polar surface area (TPSA) is 85.4 Å². The van der Waals surface area contributed by atoms with E-state index >= 15 is 0 Å². The maximum absolute atomic E-state index is 13.4. The van der Waals surface area contributed by atoms with Crippen molar-refractivity contribution in [2.45, 2.75) is 25.5 Å². The number of anilines is 1. The second kappa shape index (κ2) is 12.8. The summed E-state index contributed by atoms with van der Waals surface area (Å²) in [5, 5.41) is 2.18. The number of ether oxygens (including phenoxy) is 3. The van der Waals surface area contributed by atoms with Crippen LogP contribution in [0.25, 0.3) is 10.8 Å². The van der Waals surface area contributed by atoms with E-state index in [0.717, 1.165) is 22.4 Å². The molecule has 8 nitrogen and oxygen atoms in total. The highest BCUT2D eigenvalue weighted by Gasteiger charge is 2.51. The molecule has 7 rings (SSSR count). The number of nitrogens with zero attached hydrogens (tertiary/aromatic N) is 2. The summed E-state index contributed by atoms with van der Waals surface area (Å²) in [5.74, 6) is 1.18. The van der Waals surface area contributed by atoms with E-state index in [1.165, 1.54) is 4.90 Å². The molecular formula is C38H31ClN2O6. The van der Waals surface area contributed by atoms with Crippen molar-refractivity contribution >= 4 is 45.8 Å². The van der Waals surface area contributed by atoms with Crippen LogP contribution < -0.4 is 19.1 Å². The van der Waals surface area contributed by atoms with Gasteiger partial charge in [0.15, 0.2) is 0 Å². The van der Waals surface area contributed by atoms with Crippen molar-refractivity contribution in [1.29, 1.82) is 0 Å². The van der Waals surface area contributed by atoms with Crippen molar-refractivity contribution < 1.29 is 28.6 Å². The average Bonchev–Trinajstić information content (AvgIpc) is 3.10. The molecule has 0 radical (unpaired) electrons. The molecule has 9 heteroatoms. The van der Waals surface area contributed by atoms with E-state index in [0.29, 0.717) is 52.7 Å². The van der Waals surface area contributed by atoms with Gasteiger partial charge in [0.25, 0.3) is 17.7 Å². The third kappa shape index (κ3) is 5.77. The molecule has 236 valence electrons. The summed E-state index contributed by atoms with van der Waals surface area (Å²) in [6.45, 7) is 3.02. The lowest BCUT2D eigenvalue weighted by Gasteiger charge is -2.46. The fourth-order valence-electron chi connectivity index (χ4n) is 6.18. The molecule has 0 aliphatic carbocycles. The van der Waals surface area contributed by atoms with Crippen LogP contribution in [0.3, 0.4) is 0 Å². The molecule has 1 saturated heterocycles. The first kappa shape index (κ1) is 30.3. The number of benzene rings is 5. The molecular weight excluding hydrogens is 616 g/mol. The van der Waals surface area contributed by atoms with Crippen molar-refractivity contribution in [2.24, 2.45) is 0 Å². The monoisotopic (exact) mass is 646 g/mol. The van der Waals surface area contributed by atoms with Crippen molar-refractivity contribution in [3.8, 4) is 17.2 Å². The van der Waals surface area contributed by atoms with Crippen LogP contribution in [0.1, 0.15) is 45.7 Å². The van der Waals surface area contributed by atoms with Gasteiger partial charge in [0.05, 0.1) is 13.2 Å². The Morgan fingerprint density at radius 3 is 1.94 bits per heavy atom. The average molecular weight is 647 g/mol. The zero-order valence-electron chi connectivity index (χ0n) is 25.6. The van der Waals surface area contributed by atoms with E-state index in [1.54, 1.807) is 41.3 Å². The van der Waals surface area contributed by atoms with Gasteiger partial charge in [-0.1, -0.05) is 48.0 Å². The predicted octanol–water partition coefficient (Wildman–Crippen LogP) is 7.49. The second-order valence-electron chi connectivity index (χ2n) is 11.3. The lowest BCUT2D eigenvalue weighted by molar-refractivity contribution is -0.135. The highest BCUT2D eigenvalue weighted by Crippen LogP contribution is 2.42. The zero-order chi connectivity index (χ0) is 32.5. The van der Waals surface area contributed by atoms with Crippen molar-refractivity contribution in [3.63, 3.8) is 0 Å². The number of amides is 3. The van der Waals surface area contributed by atoms with E-state index < -0.39 is 6.10 Å². The van der Waals surface area contributed by atoms with Gasteiger partial charge in [0.2, 0.25) is 6.10 Å². The zero-order valence-corrected chi connectivity index (χ0v) is 26.4. The maximum Gasteiger partial charge on any atom is 0.271 e. The molecule has 2 aliphatic rings. The summed E-state index contributed by atoms with van der Waals surface area (Å²) in [7, 11) is 0. The minimum atomic E-state index is -0.731. The van der Waals surface area contributed by atoms with Crippen LogP contribution >= 0.6 is 11.6 Å².